The van der Waals surface area contributed by atoms with Crippen LogP contribution in [0.15, 0.2) is 58.3 Å². The highest BCUT2D eigenvalue weighted by molar-refractivity contribution is 7.84. The van der Waals surface area contributed by atoms with Crippen molar-refractivity contribution in [1.82, 2.24) is 14.8 Å². The standard InChI is InChI=1S/C14H13N3O2S/c1-11-13(7-8-19-11)20(18)9-14-15-10-17(16-14)12-5-3-2-4-6-12/h2-8,10H,9H2,1H3. The first-order valence-electron chi connectivity index (χ1n) is 6.12. The van der Waals surface area contributed by atoms with Crippen LogP contribution in [-0.2, 0) is 16.6 Å². The summed E-state index contributed by atoms with van der Waals surface area (Å²) in [5.41, 5.74) is 0.927. The van der Waals surface area contributed by atoms with E-state index in [1.165, 1.54) is 0 Å². The van der Waals surface area contributed by atoms with Crippen molar-refractivity contribution in [2.75, 3.05) is 0 Å². The van der Waals surface area contributed by atoms with Crippen LogP contribution in [0.4, 0.5) is 0 Å². The summed E-state index contributed by atoms with van der Waals surface area (Å²) in [4.78, 5) is 4.90. The van der Waals surface area contributed by atoms with Gasteiger partial charge in [-0.25, -0.2) is 9.67 Å². The maximum absolute atomic E-state index is 12.2. The van der Waals surface area contributed by atoms with Crippen LogP contribution in [0.1, 0.15) is 11.6 Å². The average molecular weight is 287 g/mol. The fourth-order valence-corrected chi connectivity index (χ4v) is 2.97. The van der Waals surface area contributed by atoms with Crippen molar-refractivity contribution >= 4 is 10.8 Å². The minimum Gasteiger partial charge on any atom is -0.468 e. The summed E-state index contributed by atoms with van der Waals surface area (Å²) in [6.07, 6.45) is 3.17. The molecule has 102 valence electrons. The monoisotopic (exact) mass is 287 g/mol. The first-order valence-corrected chi connectivity index (χ1v) is 7.44. The summed E-state index contributed by atoms with van der Waals surface area (Å²) in [5.74, 6) is 1.50. The molecule has 0 bridgehead atoms. The highest BCUT2D eigenvalue weighted by atomic mass is 32.2. The highest BCUT2D eigenvalue weighted by Crippen LogP contribution is 2.16. The second kappa shape index (κ2) is 5.42. The molecule has 1 aromatic carbocycles. The number of benzene rings is 1. The Hall–Kier alpha value is -2.21. The summed E-state index contributed by atoms with van der Waals surface area (Å²) < 4.78 is 19.0. The molecule has 5 nitrogen and oxygen atoms in total. The number of aromatic nitrogens is 3. The minimum atomic E-state index is -1.19. The number of para-hydroxylation sites is 1. The maximum Gasteiger partial charge on any atom is 0.163 e. The van der Waals surface area contributed by atoms with Crippen LogP contribution in [0.2, 0.25) is 0 Å². The van der Waals surface area contributed by atoms with Gasteiger partial charge in [0.25, 0.3) is 0 Å². The first kappa shape index (κ1) is 12.8. The molecule has 0 fully saturated rings. The van der Waals surface area contributed by atoms with Gasteiger partial charge in [-0.1, -0.05) is 18.2 Å². The summed E-state index contributed by atoms with van der Waals surface area (Å²) >= 11 is 0. The summed E-state index contributed by atoms with van der Waals surface area (Å²) in [7, 11) is -1.19. The van der Waals surface area contributed by atoms with Crippen molar-refractivity contribution in [2.24, 2.45) is 0 Å². The van der Waals surface area contributed by atoms with Crippen LogP contribution in [-0.4, -0.2) is 19.0 Å². The van der Waals surface area contributed by atoms with Gasteiger partial charge in [-0.3, -0.25) is 4.21 Å². The van der Waals surface area contributed by atoms with Gasteiger partial charge in [-0.05, 0) is 25.1 Å². The van der Waals surface area contributed by atoms with Crippen LogP contribution in [0.5, 0.6) is 0 Å². The van der Waals surface area contributed by atoms with E-state index < -0.39 is 10.8 Å². The molecule has 0 aliphatic rings. The summed E-state index contributed by atoms with van der Waals surface area (Å²) in [6, 6.07) is 11.4. The van der Waals surface area contributed by atoms with Gasteiger partial charge in [0, 0.05) is 0 Å². The largest absolute Gasteiger partial charge is 0.468 e. The van der Waals surface area contributed by atoms with Gasteiger partial charge in [-0.2, -0.15) is 5.10 Å². The molecule has 0 spiro atoms. The molecule has 0 aliphatic carbocycles. The van der Waals surface area contributed by atoms with Gasteiger partial charge in [0.05, 0.1) is 33.4 Å². The van der Waals surface area contributed by atoms with Crippen molar-refractivity contribution < 1.29 is 8.63 Å². The number of rotatable bonds is 4. The van der Waals surface area contributed by atoms with E-state index in [1.54, 1.807) is 30.3 Å². The SMILES string of the molecule is Cc1occc1S(=O)Cc1ncn(-c2ccccc2)n1. The Bertz CT molecular complexity index is 734. The minimum absolute atomic E-state index is 0.278. The van der Waals surface area contributed by atoms with E-state index in [0.29, 0.717) is 16.5 Å². The zero-order valence-corrected chi connectivity index (χ0v) is 11.7. The number of aryl methyl sites for hydroxylation is 1. The lowest BCUT2D eigenvalue weighted by molar-refractivity contribution is 0.525. The van der Waals surface area contributed by atoms with E-state index >= 15 is 0 Å². The second-order valence-electron chi connectivity index (χ2n) is 4.27. The molecule has 3 rings (SSSR count). The topological polar surface area (TPSA) is 60.9 Å². The molecular formula is C14H13N3O2S. The normalized spacial score (nSPS) is 12.4. The van der Waals surface area contributed by atoms with Crippen molar-refractivity contribution in [3.05, 3.63) is 60.6 Å². The van der Waals surface area contributed by atoms with E-state index in [9.17, 15) is 4.21 Å². The van der Waals surface area contributed by atoms with Crippen LogP contribution < -0.4 is 0 Å². The van der Waals surface area contributed by atoms with E-state index in [-0.39, 0.29) is 5.75 Å². The molecule has 2 aromatic heterocycles. The fourth-order valence-electron chi connectivity index (χ4n) is 1.87. The quantitative estimate of drug-likeness (QED) is 0.739. The van der Waals surface area contributed by atoms with E-state index in [4.69, 9.17) is 4.42 Å². The van der Waals surface area contributed by atoms with Gasteiger partial charge >= 0.3 is 0 Å². The Morgan fingerprint density at radius 3 is 2.75 bits per heavy atom. The summed E-state index contributed by atoms with van der Waals surface area (Å²) in [5, 5.41) is 4.34. The Morgan fingerprint density at radius 1 is 1.25 bits per heavy atom. The molecule has 1 atom stereocenters. The molecule has 3 aromatic rings. The average Bonchev–Trinajstić information content (AvgIpc) is 3.09. The molecule has 0 saturated heterocycles. The van der Waals surface area contributed by atoms with Gasteiger partial charge < -0.3 is 4.42 Å². The first-order chi connectivity index (χ1) is 9.74. The maximum atomic E-state index is 12.2. The Labute approximate surface area is 118 Å². The summed E-state index contributed by atoms with van der Waals surface area (Å²) in [6.45, 7) is 1.79. The second-order valence-corrected chi connectivity index (χ2v) is 5.69. The third-order valence-electron chi connectivity index (χ3n) is 2.88. The molecule has 0 aliphatic heterocycles. The third kappa shape index (κ3) is 2.55. The van der Waals surface area contributed by atoms with Gasteiger partial charge in [-0.15, -0.1) is 0 Å². The zero-order chi connectivity index (χ0) is 13.9. The predicted molar refractivity (Wildman–Crippen MR) is 74.9 cm³/mol. The van der Waals surface area contributed by atoms with E-state index in [1.807, 2.05) is 30.3 Å². The van der Waals surface area contributed by atoms with Crippen LogP contribution in [0.25, 0.3) is 5.69 Å². The molecule has 0 amide bonds. The molecule has 1 unspecified atom stereocenters. The van der Waals surface area contributed by atoms with Crippen molar-refractivity contribution in [1.29, 1.82) is 0 Å². The van der Waals surface area contributed by atoms with E-state index in [0.717, 1.165) is 5.69 Å². The lowest BCUT2D eigenvalue weighted by Crippen LogP contribution is -2.00. The number of nitrogens with zero attached hydrogens (tertiary/aromatic N) is 3. The smallest absolute Gasteiger partial charge is 0.163 e. The number of furan rings is 1. The molecule has 0 N–H and O–H groups in total. The van der Waals surface area contributed by atoms with Crippen LogP contribution in [0.3, 0.4) is 0 Å². The molecular weight excluding hydrogens is 274 g/mol. The van der Waals surface area contributed by atoms with Crippen LogP contribution in [0, 0.1) is 6.92 Å². The lowest BCUT2D eigenvalue weighted by atomic mass is 10.3. The molecule has 20 heavy (non-hydrogen) atoms. The number of hydrogen-bond donors (Lipinski definition) is 0. The third-order valence-corrected chi connectivity index (χ3v) is 4.31. The van der Waals surface area contributed by atoms with Crippen molar-refractivity contribution in [2.45, 2.75) is 17.6 Å². The molecule has 0 saturated carbocycles. The molecule has 0 radical (unpaired) electrons. The zero-order valence-electron chi connectivity index (χ0n) is 10.9. The number of hydrogen-bond acceptors (Lipinski definition) is 4. The van der Waals surface area contributed by atoms with Crippen LogP contribution >= 0.6 is 0 Å². The van der Waals surface area contributed by atoms with Crippen molar-refractivity contribution in [3.63, 3.8) is 0 Å². The van der Waals surface area contributed by atoms with Crippen molar-refractivity contribution in [3.8, 4) is 5.69 Å². The predicted octanol–water partition coefficient (Wildman–Crippen LogP) is 2.48. The Morgan fingerprint density at radius 2 is 2.05 bits per heavy atom. The Balaban J connectivity index is 1.78. The fraction of sp³-hybridized carbons (Fsp3) is 0.143. The molecule has 2 heterocycles. The van der Waals surface area contributed by atoms with Gasteiger partial charge in [0.1, 0.15) is 12.1 Å². The van der Waals surface area contributed by atoms with Gasteiger partial charge in [0.2, 0.25) is 0 Å². The Kier molecular flexibility index (Phi) is 3.47. The van der Waals surface area contributed by atoms with Gasteiger partial charge in [0.15, 0.2) is 5.82 Å². The van der Waals surface area contributed by atoms with E-state index in [2.05, 4.69) is 10.1 Å². The molecule has 6 heteroatoms. The lowest BCUT2D eigenvalue weighted by Gasteiger charge is -1.99. The highest BCUT2D eigenvalue weighted by Gasteiger charge is 2.13.